The summed E-state index contributed by atoms with van der Waals surface area (Å²) in [5.41, 5.74) is 0.158. The van der Waals surface area contributed by atoms with Gasteiger partial charge in [0.2, 0.25) is 0 Å². The van der Waals surface area contributed by atoms with Crippen LogP contribution in [0.2, 0.25) is 0 Å². The quantitative estimate of drug-likeness (QED) is 0.792. The van der Waals surface area contributed by atoms with Crippen molar-refractivity contribution < 1.29 is 14.6 Å². The second kappa shape index (κ2) is 3.70. The zero-order chi connectivity index (χ0) is 11.8. The number of amides is 1. The predicted octanol–water partition coefficient (Wildman–Crippen LogP) is 2.52. The Kier molecular flexibility index (Phi) is 2.50. The molecule has 16 heavy (non-hydrogen) atoms. The molecule has 1 aromatic rings. The summed E-state index contributed by atoms with van der Waals surface area (Å²) in [6, 6.07) is 6.78. The van der Waals surface area contributed by atoms with Gasteiger partial charge in [-0.3, -0.25) is 4.90 Å². The van der Waals surface area contributed by atoms with Crippen LogP contribution in [0, 0.1) is 0 Å². The number of anilines is 1. The Morgan fingerprint density at radius 3 is 2.69 bits per heavy atom. The van der Waals surface area contributed by atoms with Gasteiger partial charge in [-0.1, -0.05) is 12.1 Å². The van der Waals surface area contributed by atoms with Gasteiger partial charge >= 0.3 is 6.09 Å². The number of nitrogens with zero attached hydrogens (tertiary/aromatic N) is 1. The summed E-state index contributed by atoms with van der Waals surface area (Å²) >= 11 is 0. The van der Waals surface area contributed by atoms with E-state index in [0.717, 1.165) is 6.42 Å². The fraction of sp³-hybridized carbons (Fsp3) is 0.417. The molecule has 1 heterocycles. The van der Waals surface area contributed by atoms with Gasteiger partial charge in [-0.2, -0.15) is 0 Å². The molecule has 0 aliphatic carbocycles. The van der Waals surface area contributed by atoms with E-state index in [1.807, 2.05) is 13.8 Å². The van der Waals surface area contributed by atoms with E-state index in [-0.39, 0.29) is 11.3 Å². The van der Waals surface area contributed by atoms with Gasteiger partial charge in [0.15, 0.2) is 0 Å². The summed E-state index contributed by atoms with van der Waals surface area (Å²) in [5, 5.41) is 9.76. The summed E-state index contributed by atoms with van der Waals surface area (Å²) in [5.74, 6) is 0.0921. The van der Waals surface area contributed by atoms with Crippen LogP contribution in [0.1, 0.15) is 20.3 Å². The number of ether oxygens (including phenoxy) is 1. The lowest BCUT2D eigenvalue weighted by Crippen LogP contribution is -2.52. The van der Waals surface area contributed by atoms with Gasteiger partial charge in [0.05, 0.1) is 12.3 Å². The third-order valence-corrected chi connectivity index (χ3v) is 2.85. The molecule has 1 aromatic carbocycles. The van der Waals surface area contributed by atoms with Crippen molar-refractivity contribution in [1.82, 2.24) is 0 Å². The molecule has 1 amide bonds. The first kappa shape index (κ1) is 10.8. The molecular weight excluding hydrogens is 206 g/mol. The highest BCUT2D eigenvalue weighted by atomic mass is 16.6. The van der Waals surface area contributed by atoms with E-state index < -0.39 is 6.09 Å². The molecule has 1 aliphatic heterocycles. The Morgan fingerprint density at radius 2 is 2.06 bits per heavy atom. The smallest absolute Gasteiger partial charge is 0.414 e. The monoisotopic (exact) mass is 221 g/mol. The molecule has 0 spiro atoms. The van der Waals surface area contributed by atoms with E-state index in [0.29, 0.717) is 12.3 Å². The van der Waals surface area contributed by atoms with Gasteiger partial charge < -0.3 is 9.84 Å². The molecule has 0 aromatic heterocycles. The van der Waals surface area contributed by atoms with Crippen molar-refractivity contribution in [3.05, 3.63) is 24.3 Å². The van der Waals surface area contributed by atoms with Crippen molar-refractivity contribution in [1.29, 1.82) is 0 Å². The number of carbonyl (C=O) groups is 1. The van der Waals surface area contributed by atoms with Gasteiger partial charge in [0, 0.05) is 12.0 Å². The number of hydrogen-bond acceptors (Lipinski definition) is 3. The number of cyclic esters (lactones) is 1. The van der Waals surface area contributed by atoms with Crippen molar-refractivity contribution in [2.24, 2.45) is 0 Å². The van der Waals surface area contributed by atoms with Crippen LogP contribution in [0.3, 0.4) is 0 Å². The molecule has 0 saturated carbocycles. The fourth-order valence-electron chi connectivity index (χ4n) is 1.89. The van der Waals surface area contributed by atoms with E-state index >= 15 is 0 Å². The molecule has 1 aliphatic rings. The minimum Gasteiger partial charge on any atom is -0.506 e. The fourth-order valence-corrected chi connectivity index (χ4v) is 1.89. The minimum absolute atomic E-state index is 0.0921. The van der Waals surface area contributed by atoms with E-state index in [1.165, 1.54) is 4.90 Å². The van der Waals surface area contributed by atoms with Crippen LogP contribution in [0.15, 0.2) is 24.3 Å². The largest absolute Gasteiger partial charge is 0.506 e. The number of benzene rings is 1. The second-order valence-electron chi connectivity index (χ2n) is 4.50. The lowest BCUT2D eigenvalue weighted by Gasteiger charge is -2.41. The first-order chi connectivity index (χ1) is 7.52. The molecular formula is C12H15NO3. The molecule has 4 nitrogen and oxygen atoms in total. The number of rotatable bonds is 1. The van der Waals surface area contributed by atoms with Gasteiger partial charge in [0.1, 0.15) is 5.75 Å². The average molecular weight is 221 g/mol. The van der Waals surface area contributed by atoms with Crippen LogP contribution in [0.25, 0.3) is 0 Å². The van der Waals surface area contributed by atoms with Crippen LogP contribution >= 0.6 is 0 Å². The van der Waals surface area contributed by atoms with Crippen LogP contribution in [-0.4, -0.2) is 23.3 Å². The zero-order valence-corrected chi connectivity index (χ0v) is 9.43. The standard InChI is InChI=1S/C12H15NO3/c1-12(2)7-8-16-11(15)13(12)9-5-3-4-6-10(9)14/h3-6,14H,7-8H2,1-2H3. The molecule has 4 heteroatoms. The van der Waals surface area contributed by atoms with Crippen molar-refractivity contribution >= 4 is 11.8 Å². The van der Waals surface area contributed by atoms with E-state index in [9.17, 15) is 9.90 Å². The first-order valence-corrected chi connectivity index (χ1v) is 5.27. The maximum atomic E-state index is 11.8. The second-order valence-corrected chi connectivity index (χ2v) is 4.50. The molecule has 2 rings (SSSR count). The Hall–Kier alpha value is -1.71. The molecule has 1 fully saturated rings. The molecule has 0 unspecified atom stereocenters. The highest BCUT2D eigenvalue weighted by molar-refractivity contribution is 5.91. The summed E-state index contributed by atoms with van der Waals surface area (Å²) in [6.07, 6.45) is 0.338. The molecule has 0 radical (unpaired) electrons. The third kappa shape index (κ3) is 1.71. The molecule has 1 saturated heterocycles. The van der Waals surface area contributed by atoms with Crippen LogP contribution in [-0.2, 0) is 4.74 Å². The Labute approximate surface area is 94.4 Å². The zero-order valence-electron chi connectivity index (χ0n) is 9.43. The lowest BCUT2D eigenvalue weighted by atomic mass is 9.97. The van der Waals surface area contributed by atoms with Crippen LogP contribution in [0.5, 0.6) is 5.75 Å². The highest BCUT2D eigenvalue weighted by Crippen LogP contribution is 2.35. The minimum atomic E-state index is -0.405. The number of carbonyl (C=O) groups excluding carboxylic acids is 1. The number of phenols is 1. The molecule has 0 atom stereocenters. The van der Waals surface area contributed by atoms with Gasteiger partial charge in [0.25, 0.3) is 0 Å². The first-order valence-electron chi connectivity index (χ1n) is 5.27. The van der Waals surface area contributed by atoms with E-state index in [2.05, 4.69) is 0 Å². The predicted molar refractivity (Wildman–Crippen MR) is 60.6 cm³/mol. The topological polar surface area (TPSA) is 49.8 Å². The number of aromatic hydroxyl groups is 1. The Morgan fingerprint density at radius 1 is 1.38 bits per heavy atom. The number of hydrogen-bond donors (Lipinski definition) is 1. The lowest BCUT2D eigenvalue weighted by molar-refractivity contribution is 0.114. The Balaban J connectivity index is 2.44. The SMILES string of the molecule is CC1(C)CCOC(=O)N1c1ccccc1O. The van der Waals surface area contributed by atoms with Crippen molar-refractivity contribution in [3.63, 3.8) is 0 Å². The maximum Gasteiger partial charge on any atom is 0.414 e. The highest BCUT2D eigenvalue weighted by Gasteiger charge is 2.38. The number of phenolic OH excluding ortho intramolecular Hbond substituents is 1. The van der Waals surface area contributed by atoms with Gasteiger partial charge in [-0.25, -0.2) is 4.79 Å². The molecule has 86 valence electrons. The van der Waals surface area contributed by atoms with Crippen molar-refractivity contribution in [2.45, 2.75) is 25.8 Å². The van der Waals surface area contributed by atoms with Crippen LogP contribution in [0.4, 0.5) is 10.5 Å². The van der Waals surface area contributed by atoms with E-state index in [1.54, 1.807) is 24.3 Å². The Bertz CT molecular complexity index is 414. The summed E-state index contributed by atoms with van der Waals surface area (Å²) in [6.45, 7) is 4.34. The molecule has 0 bridgehead atoms. The summed E-state index contributed by atoms with van der Waals surface area (Å²) in [7, 11) is 0. The van der Waals surface area contributed by atoms with Crippen LogP contribution < -0.4 is 4.90 Å². The summed E-state index contributed by atoms with van der Waals surface area (Å²) in [4.78, 5) is 13.3. The summed E-state index contributed by atoms with van der Waals surface area (Å²) < 4.78 is 5.01. The average Bonchev–Trinajstić information content (AvgIpc) is 2.19. The molecule has 1 N–H and O–H groups in total. The van der Waals surface area contributed by atoms with Gasteiger partial charge in [-0.05, 0) is 26.0 Å². The third-order valence-electron chi connectivity index (χ3n) is 2.85. The maximum absolute atomic E-state index is 11.8. The van der Waals surface area contributed by atoms with Gasteiger partial charge in [-0.15, -0.1) is 0 Å². The number of para-hydroxylation sites is 2. The normalized spacial score (nSPS) is 19.4. The van der Waals surface area contributed by atoms with E-state index in [4.69, 9.17) is 4.74 Å². The van der Waals surface area contributed by atoms with Crippen molar-refractivity contribution in [3.8, 4) is 5.75 Å². The van der Waals surface area contributed by atoms with Crippen molar-refractivity contribution in [2.75, 3.05) is 11.5 Å².